The second-order valence-corrected chi connectivity index (χ2v) is 9.82. The number of rotatable bonds is 16. The topological polar surface area (TPSA) is 150 Å². The molecule has 0 fully saturated rings. The fourth-order valence-electron chi connectivity index (χ4n) is 3.60. The van der Waals surface area contributed by atoms with Gasteiger partial charge in [0, 0.05) is 6.42 Å². The normalized spacial score (nSPS) is 14.6. The Bertz CT molecular complexity index is 966. The van der Waals surface area contributed by atoms with E-state index in [4.69, 9.17) is 34.2 Å². The summed E-state index contributed by atoms with van der Waals surface area (Å²) in [5.74, 6) is -1.24. The Morgan fingerprint density at radius 2 is 1.25 bits per heavy atom. The molecular formula is C29H45NO10. The molecule has 0 aliphatic rings. The number of carbonyl (C=O) groups is 4. The Labute approximate surface area is 236 Å². The van der Waals surface area contributed by atoms with Gasteiger partial charge in [0.2, 0.25) is 0 Å². The zero-order chi connectivity index (χ0) is 30.2. The maximum atomic E-state index is 12.6. The molecule has 0 spiro atoms. The van der Waals surface area contributed by atoms with Crippen LogP contribution in [-0.2, 0) is 35.0 Å². The van der Waals surface area contributed by atoms with Crippen molar-refractivity contribution in [3.05, 3.63) is 23.8 Å². The van der Waals surface area contributed by atoms with E-state index in [1.54, 1.807) is 33.8 Å². The summed E-state index contributed by atoms with van der Waals surface area (Å²) < 4.78 is 31.8. The first-order valence-electron chi connectivity index (χ1n) is 13.9. The van der Waals surface area contributed by atoms with E-state index in [0.29, 0.717) is 24.8 Å². The lowest BCUT2D eigenvalue weighted by atomic mass is 10.1. The van der Waals surface area contributed by atoms with Crippen LogP contribution in [0.5, 0.6) is 11.5 Å². The molecule has 1 aromatic rings. The molecule has 0 aromatic heterocycles. The van der Waals surface area contributed by atoms with E-state index in [1.165, 1.54) is 12.1 Å². The molecule has 5 atom stereocenters. The Hall–Kier alpha value is -3.34. The van der Waals surface area contributed by atoms with Crippen molar-refractivity contribution in [1.82, 2.24) is 0 Å². The summed E-state index contributed by atoms with van der Waals surface area (Å²) in [7, 11) is 0. The number of esters is 2. The molecule has 0 aliphatic carbocycles. The lowest BCUT2D eigenvalue weighted by molar-refractivity contribution is -0.166. The first kappa shape index (κ1) is 34.7. The molecule has 0 saturated heterocycles. The molecule has 226 valence electrons. The molecule has 1 rings (SSSR count). The number of ether oxygens (including phenoxy) is 6. The van der Waals surface area contributed by atoms with Gasteiger partial charge in [0.15, 0.2) is 11.5 Å². The summed E-state index contributed by atoms with van der Waals surface area (Å²) >= 11 is 0. The van der Waals surface area contributed by atoms with Gasteiger partial charge in [0.05, 0.1) is 0 Å². The maximum absolute atomic E-state index is 12.6. The number of hydrogen-bond donors (Lipinski definition) is 1. The molecule has 2 unspecified atom stereocenters. The molecule has 0 amide bonds. The molecule has 0 heterocycles. The van der Waals surface area contributed by atoms with Gasteiger partial charge in [-0.2, -0.15) is 0 Å². The van der Waals surface area contributed by atoms with E-state index in [0.717, 1.165) is 12.8 Å². The average molecular weight is 568 g/mol. The quantitative estimate of drug-likeness (QED) is 0.150. The Morgan fingerprint density at radius 3 is 1.77 bits per heavy atom. The summed E-state index contributed by atoms with van der Waals surface area (Å²) in [5.41, 5.74) is 6.58. The number of hydrogen-bond acceptors (Lipinski definition) is 11. The van der Waals surface area contributed by atoms with Crippen molar-refractivity contribution >= 4 is 24.2 Å². The van der Waals surface area contributed by atoms with Crippen molar-refractivity contribution in [2.24, 2.45) is 5.73 Å². The predicted octanol–water partition coefficient (Wildman–Crippen LogP) is 5.63. The summed E-state index contributed by atoms with van der Waals surface area (Å²) in [6, 6.07) is 3.34. The fourth-order valence-corrected chi connectivity index (χ4v) is 3.60. The molecule has 0 aliphatic heterocycles. The van der Waals surface area contributed by atoms with Crippen LogP contribution in [0.15, 0.2) is 18.2 Å². The van der Waals surface area contributed by atoms with Gasteiger partial charge in [-0.15, -0.1) is 0 Å². The molecule has 1 aromatic carbocycles. The van der Waals surface area contributed by atoms with Crippen LogP contribution in [0.3, 0.4) is 0 Å². The van der Waals surface area contributed by atoms with Gasteiger partial charge in [0.25, 0.3) is 0 Å². The fraction of sp³-hybridized carbons (Fsp3) is 0.655. The summed E-state index contributed by atoms with van der Waals surface area (Å²) in [5, 5.41) is 0. The number of nitrogens with two attached hydrogens (primary N) is 1. The molecule has 40 heavy (non-hydrogen) atoms. The predicted molar refractivity (Wildman–Crippen MR) is 147 cm³/mol. The van der Waals surface area contributed by atoms with Gasteiger partial charge in [-0.3, -0.25) is 9.59 Å². The number of carbonyl (C=O) groups excluding carboxylic acids is 4. The van der Waals surface area contributed by atoms with Gasteiger partial charge >= 0.3 is 24.2 Å². The Kier molecular flexibility index (Phi) is 15.7. The average Bonchev–Trinajstić information content (AvgIpc) is 2.85. The zero-order valence-electron chi connectivity index (χ0n) is 24.7. The minimum atomic E-state index is -1.07. The van der Waals surface area contributed by atoms with Crippen molar-refractivity contribution in [2.75, 3.05) is 0 Å². The zero-order valence-corrected chi connectivity index (χ0v) is 24.7. The van der Waals surface area contributed by atoms with Gasteiger partial charge in [-0.25, -0.2) is 9.59 Å². The SMILES string of the molecule is CCCC(=O)O[C@@H](C)[C@H](C)OC(=O)[C@@H](N)Cc1ccc(OC(=O)OC(C)CCC)c(OC(=O)OC(C)CCC)c1. The lowest BCUT2D eigenvalue weighted by Crippen LogP contribution is -2.39. The smallest absolute Gasteiger partial charge is 0.459 e. The highest BCUT2D eigenvalue weighted by Gasteiger charge is 2.25. The third-order valence-corrected chi connectivity index (χ3v) is 5.87. The summed E-state index contributed by atoms with van der Waals surface area (Å²) in [6.45, 7) is 12.5. The maximum Gasteiger partial charge on any atom is 0.514 e. The van der Waals surface area contributed by atoms with E-state index in [9.17, 15) is 19.2 Å². The van der Waals surface area contributed by atoms with E-state index >= 15 is 0 Å². The van der Waals surface area contributed by atoms with Crippen LogP contribution < -0.4 is 15.2 Å². The second kappa shape index (κ2) is 18.1. The minimum Gasteiger partial charge on any atom is -0.459 e. The van der Waals surface area contributed by atoms with E-state index < -0.39 is 36.5 Å². The third-order valence-electron chi connectivity index (χ3n) is 5.87. The highest BCUT2D eigenvalue weighted by molar-refractivity contribution is 5.76. The van der Waals surface area contributed by atoms with Crippen LogP contribution >= 0.6 is 0 Å². The van der Waals surface area contributed by atoms with Gasteiger partial charge in [-0.05, 0) is 71.1 Å². The van der Waals surface area contributed by atoms with E-state index in [2.05, 4.69) is 0 Å². The van der Waals surface area contributed by atoms with Crippen LogP contribution in [0.4, 0.5) is 9.59 Å². The Balaban J connectivity index is 2.98. The largest absolute Gasteiger partial charge is 0.514 e. The van der Waals surface area contributed by atoms with Crippen LogP contribution in [-0.4, -0.2) is 54.7 Å². The molecule has 11 heteroatoms. The lowest BCUT2D eigenvalue weighted by Gasteiger charge is -2.22. The van der Waals surface area contributed by atoms with Crippen LogP contribution in [0.1, 0.15) is 92.6 Å². The first-order chi connectivity index (χ1) is 18.9. The van der Waals surface area contributed by atoms with Crippen molar-refractivity contribution in [3.63, 3.8) is 0 Å². The van der Waals surface area contributed by atoms with Crippen molar-refractivity contribution in [1.29, 1.82) is 0 Å². The molecule has 0 radical (unpaired) electrons. The van der Waals surface area contributed by atoms with Crippen molar-refractivity contribution in [3.8, 4) is 11.5 Å². The van der Waals surface area contributed by atoms with E-state index in [1.807, 2.05) is 20.8 Å². The molecule has 0 saturated carbocycles. The molecular weight excluding hydrogens is 522 g/mol. The highest BCUT2D eigenvalue weighted by Crippen LogP contribution is 2.30. The Morgan fingerprint density at radius 1 is 0.725 bits per heavy atom. The van der Waals surface area contributed by atoms with Gasteiger partial charge in [-0.1, -0.05) is 39.7 Å². The van der Waals surface area contributed by atoms with Crippen LogP contribution in [0, 0.1) is 0 Å². The second-order valence-electron chi connectivity index (χ2n) is 9.82. The molecule has 2 N–H and O–H groups in total. The highest BCUT2D eigenvalue weighted by atomic mass is 16.7. The summed E-state index contributed by atoms with van der Waals surface area (Å²) in [4.78, 5) is 49.0. The standard InChI is InChI=1S/C29H45NO10/c1-8-11-18(4)35-28(33)39-24-15-14-22(17-25(24)40-29(34)36-19(5)12-9-2)16-23(30)27(32)38-21(7)20(6)37-26(31)13-10-3/h14-15,17-21,23H,8-13,16,30H2,1-7H3/t18?,19?,20-,21-,23-/m0/s1. The first-order valence-corrected chi connectivity index (χ1v) is 13.9. The monoisotopic (exact) mass is 567 g/mol. The van der Waals surface area contributed by atoms with Crippen molar-refractivity contribution < 1.29 is 47.6 Å². The molecule has 0 bridgehead atoms. The summed E-state index contributed by atoms with van der Waals surface area (Å²) in [6.07, 6.45) is -0.135. The number of benzene rings is 1. The van der Waals surface area contributed by atoms with Gasteiger partial charge in [0.1, 0.15) is 30.5 Å². The van der Waals surface area contributed by atoms with Crippen LogP contribution in [0.25, 0.3) is 0 Å². The van der Waals surface area contributed by atoms with Gasteiger partial charge < -0.3 is 34.2 Å². The van der Waals surface area contributed by atoms with Crippen molar-refractivity contribution in [2.45, 2.75) is 124 Å². The van der Waals surface area contributed by atoms with Crippen LogP contribution in [0.2, 0.25) is 0 Å². The third kappa shape index (κ3) is 13.1. The van der Waals surface area contributed by atoms with E-state index in [-0.39, 0.29) is 42.5 Å². The molecule has 11 nitrogen and oxygen atoms in total. The minimum absolute atomic E-state index is 0.0193.